The summed E-state index contributed by atoms with van der Waals surface area (Å²) in [6.45, 7) is -0.253. The number of benzene rings is 2. The molecule has 1 aliphatic heterocycles. The van der Waals surface area contributed by atoms with Gasteiger partial charge in [0.25, 0.3) is 0 Å². The molecule has 0 amide bonds. The summed E-state index contributed by atoms with van der Waals surface area (Å²) in [6.07, 6.45) is 1.27. The third-order valence-electron chi connectivity index (χ3n) is 3.35. The lowest BCUT2D eigenvalue weighted by Gasteiger charge is -2.07. The fourth-order valence-electron chi connectivity index (χ4n) is 2.40. The van der Waals surface area contributed by atoms with Crippen LogP contribution in [0, 0.1) is 10.1 Å². The molecule has 1 atom stereocenters. The highest BCUT2D eigenvalue weighted by Gasteiger charge is 2.31. The van der Waals surface area contributed by atoms with E-state index in [1.807, 2.05) is 48.5 Å². The monoisotopic (exact) mass is 301 g/mol. The topological polar surface area (TPSA) is 52.4 Å². The van der Waals surface area contributed by atoms with Gasteiger partial charge in [-0.05, 0) is 17.7 Å². The number of rotatable bonds is 3. The maximum Gasteiger partial charge on any atom is 0.244 e. The summed E-state index contributed by atoms with van der Waals surface area (Å²) in [7, 11) is 0. The van der Waals surface area contributed by atoms with E-state index in [9.17, 15) is 10.1 Å². The number of halogens is 1. The second kappa shape index (κ2) is 5.58. The first-order valence-corrected chi connectivity index (χ1v) is 6.87. The highest BCUT2D eigenvalue weighted by Crippen LogP contribution is 2.39. The lowest BCUT2D eigenvalue weighted by Crippen LogP contribution is -2.11. The van der Waals surface area contributed by atoms with E-state index in [-0.39, 0.29) is 11.5 Å². The van der Waals surface area contributed by atoms with Crippen molar-refractivity contribution in [1.29, 1.82) is 0 Å². The van der Waals surface area contributed by atoms with Crippen molar-refractivity contribution in [1.82, 2.24) is 0 Å². The van der Waals surface area contributed by atoms with Crippen LogP contribution in [0.15, 0.2) is 48.5 Å². The molecule has 1 aliphatic rings. The fourth-order valence-corrected chi connectivity index (χ4v) is 2.59. The van der Waals surface area contributed by atoms with Crippen LogP contribution >= 0.6 is 11.6 Å². The van der Waals surface area contributed by atoms with Crippen molar-refractivity contribution in [2.24, 2.45) is 0 Å². The molecule has 2 aromatic carbocycles. The van der Waals surface area contributed by atoms with Gasteiger partial charge in [0.15, 0.2) is 6.10 Å². The van der Waals surface area contributed by atoms with Crippen molar-refractivity contribution < 1.29 is 9.66 Å². The summed E-state index contributed by atoms with van der Waals surface area (Å²) in [5, 5.41) is 11.4. The number of ether oxygens (including phenoxy) is 1. The second-order valence-electron chi connectivity index (χ2n) is 4.74. The number of nitro groups is 1. The molecule has 4 nitrogen and oxygen atoms in total. The molecule has 0 N–H and O–H groups in total. The summed E-state index contributed by atoms with van der Waals surface area (Å²) in [5.74, 6) is 0.616. The quantitative estimate of drug-likeness (QED) is 0.631. The normalized spacial score (nSPS) is 18.3. The molecule has 0 saturated carbocycles. The van der Waals surface area contributed by atoms with Crippen molar-refractivity contribution in [3.05, 3.63) is 80.4 Å². The van der Waals surface area contributed by atoms with Crippen molar-refractivity contribution >= 4 is 23.4 Å². The summed E-state index contributed by atoms with van der Waals surface area (Å²) in [5.41, 5.74) is 2.54. The first-order chi connectivity index (χ1) is 10.1. The molecule has 1 unspecified atom stereocenters. The van der Waals surface area contributed by atoms with Gasteiger partial charge in [-0.15, -0.1) is 0 Å². The highest BCUT2D eigenvalue weighted by molar-refractivity contribution is 6.32. The van der Waals surface area contributed by atoms with E-state index < -0.39 is 6.10 Å². The molecule has 0 spiro atoms. The Morgan fingerprint density at radius 3 is 2.67 bits per heavy atom. The van der Waals surface area contributed by atoms with Crippen molar-refractivity contribution in [2.45, 2.75) is 6.10 Å². The zero-order chi connectivity index (χ0) is 14.8. The minimum atomic E-state index is -0.551. The van der Waals surface area contributed by atoms with Gasteiger partial charge in [-0.3, -0.25) is 10.1 Å². The van der Waals surface area contributed by atoms with Crippen LogP contribution in [0.1, 0.15) is 22.8 Å². The van der Waals surface area contributed by atoms with Gasteiger partial charge in [-0.1, -0.05) is 54.1 Å². The molecule has 0 saturated heterocycles. The predicted octanol–water partition coefficient (Wildman–Crippen LogP) is 4.19. The van der Waals surface area contributed by atoms with Crippen LogP contribution in [0.4, 0.5) is 0 Å². The van der Waals surface area contributed by atoms with Gasteiger partial charge in [0.2, 0.25) is 6.54 Å². The maximum absolute atomic E-state index is 10.8. The van der Waals surface area contributed by atoms with Crippen LogP contribution in [0.3, 0.4) is 0 Å². The third-order valence-corrected chi connectivity index (χ3v) is 3.69. The van der Waals surface area contributed by atoms with E-state index in [0.29, 0.717) is 10.8 Å². The van der Waals surface area contributed by atoms with Gasteiger partial charge in [0.05, 0.1) is 0 Å². The van der Waals surface area contributed by atoms with Gasteiger partial charge >= 0.3 is 0 Å². The van der Waals surface area contributed by atoms with Crippen LogP contribution < -0.4 is 0 Å². The Hall–Kier alpha value is -2.33. The number of nitrogens with zero attached hydrogens (tertiary/aromatic N) is 1. The summed E-state index contributed by atoms with van der Waals surface area (Å²) < 4.78 is 5.76. The molecule has 106 valence electrons. The summed E-state index contributed by atoms with van der Waals surface area (Å²) >= 11 is 6.14. The molecule has 0 fully saturated rings. The Morgan fingerprint density at radius 2 is 1.90 bits per heavy atom. The van der Waals surface area contributed by atoms with Crippen LogP contribution in [-0.2, 0) is 4.74 Å². The van der Waals surface area contributed by atoms with E-state index in [2.05, 4.69) is 0 Å². The Bertz CT molecular complexity index is 727. The maximum atomic E-state index is 10.8. The molecule has 0 bridgehead atoms. The van der Waals surface area contributed by atoms with Gasteiger partial charge < -0.3 is 4.74 Å². The molecule has 1 heterocycles. The number of hydrogen-bond acceptors (Lipinski definition) is 3. The van der Waals surface area contributed by atoms with E-state index in [1.54, 1.807) is 6.07 Å². The third kappa shape index (κ3) is 2.76. The van der Waals surface area contributed by atoms with E-state index in [0.717, 1.165) is 16.7 Å². The highest BCUT2D eigenvalue weighted by atomic mass is 35.5. The summed E-state index contributed by atoms with van der Waals surface area (Å²) in [4.78, 5) is 10.4. The molecule has 0 aliphatic carbocycles. The van der Waals surface area contributed by atoms with Crippen LogP contribution in [0.25, 0.3) is 11.8 Å². The Balaban J connectivity index is 2.02. The molecular formula is C16H12ClNO3. The van der Waals surface area contributed by atoms with Crippen LogP contribution in [-0.4, -0.2) is 11.5 Å². The van der Waals surface area contributed by atoms with Crippen molar-refractivity contribution in [3.8, 4) is 0 Å². The molecule has 0 aromatic heterocycles. The van der Waals surface area contributed by atoms with Crippen molar-refractivity contribution in [3.63, 3.8) is 0 Å². The second-order valence-corrected chi connectivity index (χ2v) is 5.15. The smallest absolute Gasteiger partial charge is 0.244 e. The Kier molecular flexibility index (Phi) is 3.62. The van der Waals surface area contributed by atoms with Crippen molar-refractivity contribution in [2.75, 3.05) is 6.54 Å². The van der Waals surface area contributed by atoms with E-state index in [4.69, 9.17) is 16.3 Å². The Labute approximate surface area is 126 Å². The van der Waals surface area contributed by atoms with E-state index in [1.165, 1.54) is 0 Å². The lowest BCUT2D eigenvalue weighted by atomic mass is 10.0. The average molecular weight is 302 g/mol. The first-order valence-electron chi connectivity index (χ1n) is 6.49. The largest absolute Gasteiger partial charge is 0.478 e. The number of hydrogen-bond donors (Lipinski definition) is 0. The molecule has 3 rings (SSSR count). The molecule has 2 aromatic rings. The standard InChI is InChI=1S/C16H12ClNO3/c17-14-8-4-1-5-11(14)9-15-12-6-2-3-7-13(12)16(21-15)10-18(19)20/h1-9,16H,10H2/b15-9-. The average Bonchev–Trinajstić information content (AvgIpc) is 2.79. The lowest BCUT2D eigenvalue weighted by molar-refractivity contribution is -0.490. The minimum absolute atomic E-state index is 0.253. The predicted molar refractivity (Wildman–Crippen MR) is 81.5 cm³/mol. The van der Waals surface area contributed by atoms with Gasteiger partial charge in [-0.2, -0.15) is 0 Å². The van der Waals surface area contributed by atoms with Crippen LogP contribution in [0.5, 0.6) is 0 Å². The van der Waals surface area contributed by atoms with Gasteiger partial charge in [-0.25, -0.2) is 0 Å². The zero-order valence-electron chi connectivity index (χ0n) is 11.0. The Morgan fingerprint density at radius 1 is 1.19 bits per heavy atom. The van der Waals surface area contributed by atoms with Gasteiger partial charge in [0.1, 0.15) is 5.76 Å². The first kappa shape index (κ1) is 13.6. The van der Waals surface area contributed by atoms with Gasteiger partial charge in [0, 0.05) is 21.1 Å². The zero-order valence-corrected chi connectivity index (χ0v) is 11.8. The van der Waals surface area contributed by atoms with E-state index >= 15 is 0 Å². The molecule has 5 heteroatoms. The minimum Gasteiger partial charge on any atom is -0.478 e. The molecular weight excluding hydrogens is 290 g/mol. The summed E-state index contributed by atoms with van der Waals surface area (Å²) in [6, 6.07) is 14.9. The van der Waals surface area contributed by atoms with Crippen LogP contribution in [0.2, 0.25) is 5.02 Å². The fraction of sp³-hybridized carbons (Fsp3) is 0.125. The number of fused-ring (bicyclic) bond motifs is 1. The SMILES string of the molecule is O=[N+]([O-])CC1O/C(=C\c2ccccc2Cl)c2ccccc21. The molecule has 21 heavy (non-hydrogen) atoms. The molecule has 0 radical (unpaired) electrons.